The summed E-state index contributed by atoms with van der Waals surface area (Å²) in [5, 5.41) is 0. The summed E-state index contributed by atoms with van der Waals surface area (Å²) in [4.78, 5) is 22.1. The average molecular weight is 225 g/mol. The maximum Gasteiger partial charge on any atom is 0.229 e. The lowest BCUT2D eigenvalue weighted by Gasteiger charge is -1.94. The molecule has 0 fully saturated rings. The van der Waals surface area contributed by atoms with Crippen molar-refractivity contribution in [3.8, 4) is 0 Å². The molecular weight excluding hydrogens is 220 g/mol. The highest BCUT2D eigenvalue weighted by molar-refractivity contribution is 9.10. The lowest BCUT2D eigenvalue weighted by atomic mass is 10.1. The van der Waals surface area contributed by atoms with Gasteiger partial charge in [-0.05, 0) is 23.8 Å². The number of fused-ring (bicyclic) bond motifs is 1. The molecule has 0 N–H and O–H groups in total. The third kappa shape index (κ3) is 1.01. The molecule has 0 spiro atoms. The van der Waals surface area contributed by atoms with Gasteiger partial charge in [-0.15, -0.1) is 0 Å². The van der Waals surface area contributed by atoms with E-state index >= 15 is 0 Å². The van der Waals surface area contributed by atoms with E-state index in [0.29, 0.717) is 5.56 Å². The first-order valence-electron chi connectivity index (χ1n) is 3.54. The Balaban J connectivity index is 2.62. The second-order valence-electron chi connectivity index (χ2n) is 2.73. The molecule has 2 nitrogen and oxygen atoms in total. The second-order valence-corrected chi connectivity index (χ2v) is 3.65. The smallest absolute Gasteiger partial charge is 0.229 e. The number of rotatable bonds is 0. The summed E-state index contributed by atoms with van der Waals surface area (Å²) in [5.74, 6) is -0.652. The van der Waals surface area contributed by atoms with Crippen LogP contribution in [0.25, 0.3) is 0 Å². The van der Waals surface area contributed by atoms with Crippen molar-refractivity contribution in [2.24, 2.45) is 0 Å². The Morgan fingerprint density at radius 3 is 2.75 bits per heavy atom. The average Bonchev–Trinajstić information content (AvgIpc) is 2.28. The van der Waals surface area contributed by atoms with Crippen LogP contribution in [0.15, 0.2) is 22.7 Å². The van der Waals surface area contributed by atoms with Crippen LogP contribution in [-0.4, -0.2) is 11.6 Å². The minimum Gasteiger partial charge on any atom is -0.290 e. The molecule has 1 aliphatic carbocycles. The van der Waals surface area contributed by atoms with Crippen LogP contribution in [0.3, 0.4) is 0 Å². The van der Waals surface area contributed by atoms with E-state index in [1.807, 2.05) is 6.07 Å². The van der Waals surface area contributed by atoms with Crippen LogP contribution in [0, 0.1) is 0 Å². The van der Waals surface area contributed by atoms with E-state index in [9.17, 15) is 9.59 Å². The number of carbonyl (C=O) groups is 2. The normalized spacial score (nSPS) is 15.1. The Bertz CT molecular complexity index is 382. The highest BCUT2D eigenvalue weighted by Gasteiger charge is 2.27. The summed E-state index contributed by atoms with van der Waals surface area (Å²) in [7, 11) is 0. The van der Waals surface area contributed by atoms with Crippen molar-refractivity contribution in [3.05, 3.63) is 33.8 Å². The molecule has 1 aromatic rings. The van der Waals surface area contributed by atoms with Gasteiger partial charge in [0.1, 0.15) is 0 Å². The van der Waals surface area contributed by atoms with Gasteiger partial charge in [0.2, 0.25) is 11.6 Å². The lowest BCUT2D eigenvalue weighted by Crippen LogP contribution is -2.05. The first-order chi connectivity index (χ1) is 5.68. The fourth-order valence-electron chi connectivity index (χ4n) is 1.33. The minimum atomic E-state index is -0.350. The maximum atomic E-state index is 11.1. The number of benzene rings is 1. The van der Waals surface area contributed by atoms with Gasteiger partial charge in [0.05, 0.1) is 0 Å². The van der Waals surface area contributed by atoms with Crippen molar-refractivity contribution < 1.29 is 9.59 Å². The summed E-state index contributed by atoms with van der Waals surface area (Å²) >= 11 is 3.28. The van der Waals surface area contributed by atoms with Crippen molar-refractivity contribution in [1.29, 1.82) is 0 Å². The molecule has 0 atom stereocenters. The van der Waals surface area contributed by atoms with Gasteiger partial charge in [0.15, 0.2) is 0 Å². The zero-order valence-electron chi connectivity index (χ0n) is 6.13. The van der Waals surface area contributed by atoms with E-state index in [0.717, 1.165) is 10.0 Å². The lowest BCUT2D eigenvalue weighted by molar-refractivity contribution is -0.114. The first-order valence-corrected chi connectivity index (χ1v) is 4.34. The van der Waals surface area contributed by atoms with Crippen molar-refractivity contribution in [3.63, 3.8) is 0 Å². The Morgan fingerprint density at radius 2 is 2.00 bits per heavy atom. The zero-order chi connectivity index (χ0) is 8.72. The maximum absolute atomic E-state index is 11.1. The molecule has 60 valence electrons. The molecule has 0 unspecified atom stereocenters. The predicted molar refractivity (Wildman–Crippen MR) is 47.2 cm³/mol. The highest BCUT2D eigenvalue weighted by Crippen LogP contribution is 2.23. The van der Waals surface area contributed by atoms with Gasteiger partial charge in [-0.2, -0.15) is 0 Å². The molecule has 1 aliphatic rings. The van der Waals surface area contributed by atoms with Crippen molar-refractivity contribution in [2.45, 2.75) is 6.42 Å². The van der Waals surface area contributed by atoms with Gasteiger partial charge in [0, 0.05) is 16.5 Å². The summed E-state index contributed by atoms with van der Waals surface area (Å²) < 4.78 is 0.906. The van der Waals surface area contributed by atoms with Crippen LogP contribution in [0.2, 0.25) is 0 Å². The number of hydrogen-bond acceptors (Lipinski definition) is 2. The minimum absolute atomic E-state index is 0.258. The Morgan fingerprint density at radius 1 is 1.25 bits per heavy atom. The van der Waals surface area contributed by atoms with E-state index in [4.69, 9.17) is 0 Å². The van der Waals surface area contributed by atoms with Crippen LogP contribution < -0.4 is 0 Å². The fourth-order valence-corrected chi connectivity index (χ4v) is 1.74. The monoisotopic (exact) mass is 224 g/mol. The molecule has 3 heteroatoms. The van der Waals surface area contributed by atoms with Crippen molar-refractivity contribution in [1.82, 2.24) is 0 Å². The molecule has 2 rings (SSSR count). The third-order valence-electron chi connectivity index (χ3n) is 1.92. The van der Waals surface area contributed by atoms with Gasteiger partial charge in [-0.3, -0.25) is 9.59 Å². The van der Waals surface area contributed by atoms with Crippen molar-refractivity contribution in [2.75, 3.05) is 0 Å². The van der Waals surface area contributed by atoms with Crippen molar-refractivity contribution >= 4 is 27.5 Å². The van der Waals surface area contributed by atoms with Crippen LogP contribution in [0.4, 0.5) is 0 Å². The third-order valence-corrected chi connectivity index (χ3v) is 2.41. The summed E-state index contributed by atoms with van der Waals surface area (Å²) in [6, 6.07) is 5.28. The molecule has 0 aromatic heterocycles. The quantitative estimate of drug-likeness (QED) is 0.630. The molecule has 1 aromatic carbocycles. The van der Waals surface area contributed by atoms with E-state index in [2.05, 4.69) is 15.9 Å². The fraction of sp³-hybridized carbons (Fsp3) is 0.111. The predicted octanol–water partition coefficient (Wildman–Crippen LogP) is 1.76. The molecule has 0 aliphatic heterocycles. The summed E-state index contributed by atoms with van der Waals surface area (Å²) in [6.07, 6.45) is 0.258. The van der Waals surface area contributed by atoms with Gasteiger partial charge in [-0.25, -0.2) is 0 Å². The summed E-state index contributed by atoms with van der Waals surface area (Å²) in [6.45, 7) is 0. The second kappa shape index (κ2) is 2.52. The molecule has 0 amide bonds. The van der Waals surface area contributed by atoms with Crippen LogP contribution >= 0.6 is 15.9 Å². The molecular formula is C9H5BrO2. The van der Waals surface area contributed by atoms with Gasteiger partial charge < -0.3 is 0 Å². The Labute approximate surface area is 77.7 Å². The molecule has 12 heavy (non-hydrogen) atoms. The van der Waals surface area contributed by atoms with E-state index in [1.165, 1.54) is 0 Å². The largest absolute Gasteiger partial charge is 0.290 e. The van der Waals surface area contributed by atoms with Crippen LogP contribution in [-0.2, 0) is 11.2 Å². The Hall–Kier alpha value is -0.960. The Kier molecular flexibility index (Phi) is 1.61. The van der Waals surface area contributed by atoms with E-state index < -0.39 is 0 Å². The number of Topliss-reactive ketones (excluding diaryl/α,β-unsaturated/α-hetero) is 2. The molecule has 0 saturated carbocycles. The standard InChI is InChI=1S/C9H5BrO2/c10-6-1-2-7-5(3-6)4-8(11)9(7)12/h1-3H,4H2. The topological polar surface area (TPSA) is 34.1 Å². The van der Waals surface area contributed by atoms with E-state index in [1.54, 1.807) is 12.1 Å². The zero-order valence-corrected chi connectivity index (χ0v) is 7.72. The number of carbonyl (C=O) groups excluding carboxylic acids is 2. The molecule has 0 heterocycles. The molecule has 0 saturated heterocycles. The number of halogens is 1. The van der Waals surface area contributed by atoms with Crippen LogP contribution in [0.1, 0.15) is 15.9 Å². The van der Waals surface area contributed by atoms with E-state index in [-0.39, 0.29) is 18.0 Å². The first kappa shape index (κ1) is 7.68. The molecule has 0 bridgehead atoms. The number of ketones is 2. The van der Waals surface area contributed by atoms with Gasteiger partial charge >= 0.3 is 0 Å². The SMILES string of the molecule is O=C1Cc2cc(Br)ccc2C1=O. The van der Waals surface area contributed by atoms with Gasteiger partial charge in [0.25, 0.3) is 0 Å². The summed E-state index contributed by atoms with van der Waals surface area (Å²) in [5.41, 5.74) is 1.39. The van der Waals surface area contributed by atoms with Crippen LogP contribution in [0.5, 0.6) is 0 Å². The molecule has 0 radical (unpaired) electrons. The highest BCUT2D eigenvalue weighted by atomic mass is 79.9. The van der Waals surface area contributed by atoms with Gasteiger partial charge in [-0.1, -0.05) is 15.9 Å². The number of hydrogen-bond donors (Lipinski definition) is 0.